The average molecular weight is 628 g/mol. The summed E-state index contributed by atoms with van der Waals surface area (Å²) in [5.41, 5.74) is 3.32. The van der Waals surface area contributed by atoms with Crippen LogP contribution in [-0.2, 0) is 14.8 Å². The van der Waals surface area contributed by atoms with Gasteiger partial charge in [-0.3, -0.25) is 0 Å². The number of hydrogen-bond donors (Lipinski definition) is 0. The first-order chi connectivity index (χ1) is 19.0. The number of hydrogen-bond acceptors (Lipinski definition) is 8. The van der Waals surface area contributed by atoms with Crippen molar-refractivity contribution in [1.82, 2.24) is 8.98 Å². The van der Waals surface area contributed by atoms with Gasteiger partial charge in [-0.1, -0.05) is 28.1 Å². The Bertz CT molecular complexity index is 1690. The number of halogens is 1. The van der Waals surface area contributed by atoms with Crippen LogP contribution >= 0.6 is 27.3 Å². The highest BCUT2D eigenvalue weighted by atomic mass is 79.9. The van der Waals surface area contributed by atoms with Crippen molar-refractivity contribution in [3.05, 3.63) is 86.9 Å². The summed E-state index contributed by atoms with van der Waals surface area (Å²) in [5.74, 6) is 1.39. The van der Waals surface area contributed by atoms with Gasteiger partial charge in [0, 0.05) is 28.5 Å². The third kappa shape index (κ3) is 5.56. The lowest BCUT2D eigenvalue weighted by atomic mass is 10.2. The van der Waals surface area contributed by atoms with Crippen LogP contribution in [0.4, 0.5) is 5.69 Å². The third-order valence-electron chi connectivity index (χ3n) is 6.21. The topological polar surface area (TPSA) is 94.7 Å². The molecule has 200 valence electrons. The van der Waals surface area contributed by atoms with Gasteiger partial charge in [-0.15, -0.1) is 11.3 Å². The number of rotatable bonds is 6. The molecule has 1 aromatic heterocycles. The number of fused-ring (bicyclic) bond motifs is 1. The smallest absolute Gasteiger partial charge is 0.243 e. The van der Waals surface area contributed by atoms with E-state index in [1.807, 2.05) is 47.8 Å². The number of sulfonamides is 1. The summed E-state index contributed by atoms with van der Waals surface area (Å²) in [6, 6.07) is 20.2. The van der Waals surface area contributed by atoms with Crippen LogP contribution in [-0.4, -0.2) is 56.7 Å². The summed E-state index contributed by atoms with van der Waals surface area (Å²) in [6.07, 6.45) is 1.74. The molecule has 0 atom stereocenters. The predicted octanol–water partition coefficient (Wildman–Crippen LogP) is 4.84. The Balaban J connectivity index is 1.36. The predicted molar refractivity (Wildman–Crippen MR) is 152 cm³/mol. The van der Waals surface area contributed by atoms with E-state index >= 15 is 0 Å². The Morgan fingerprint density at radius 3 is 2.44 bits per heavy atom. The second-order valence-corrected chi connectivity index (χ2v) is 12.4. The first-order valence-electron chi connectivity index (χ1n) is 12.1. The minimum atomic E-state index is -3.58. The van der Waals surface area contributed by atoms with E-state index in [0.717, 1.165) is 21.3 Å². The van der Waals surface area contributed by atoms with Crippen LogP contribution in [0.5, 0.6) is 11.5 Å². The summed E-state index contributed by atoms with van der Waals surface area (Å²) < 4.78 is 46.4. The molecular formula is C27H23BrN4O5S2. The standard InChI is InChI=1S/C27H23BrN4O5S2/c28-21-4-2-20(3-5-21)24-17-38-27(32(24)29-16-19-1-10-25-26(15-19)37-18-36-25)30-22-6-8-23(9-7-22)39(33,34)31-11-13-35-14-12-31/h1-10,15-17H,11-14,18H2. The molecule has 4 aromatic rings. The fourth-order valence-corrected chi connectivity index (χ4v) is 6.69. The maximum Gasteiger partial charge on any atom is 0.243 e. The second-order valence-electron chi connectivity index (χ2n) is 8.70. The van der Waals surface area contributed by atoms with Crippen molar-refractivity contribution in [2.24, 2.45) is 10.1 Å². The number of nitrogens with zero attached hydrogens (tertiary/aromatic N) is 4. The Kier molecular flexibility index (Phi) is 7.36. The lowest BCUT2D eigenvalue weighted by molar-refractivity contribution is 0.0730. The van der Waals surface area contributed by atoms with Crippen molar-refractivity contribution in [3.63, 3.8) is 0 Å². The number of morpholine rings is 1. The molecule has 39 heavy (non-hydrogen) atoms. The lowest BCUT2D eigenvalue weighted by Gasteiger charge is -2.26. The Morgan fingerprint density at radius 1 is 0.923 bits per heavy atom. The number of aromatic nitrogens is 1. The van der Waals surface area contributed by atoms with E-state index in [1.54, 1.807) is 35.2 Å². The summed E-state index contributed by atoms with van der Waals surface area (Å²) >= 11 is 4.93. The largest absolute Gasteiger partial charge is 0.454 e. The number of benzene rings is 3. The fraction of sp³-hybridized carbons (Fsp3) is 0.185. The second kappa shape index (κ2) is 11.1. The van der Waals surface area contributed by atoms with Gasteiger partial charge in [0.1, 0.15) is 0 Å². The fourth-order valence-electron chi connectivity index (χ4n) is 4.16. The van der Waals surface area contributed by atoms with Crippen molar-refractivity contribution in [3.8, 4) is 22.8 Å². The molecule has 0 aliphatic carbocycles. The lowest BCUT2D eigenvalue weighted by Crippen LogP contribution is -2.40. The molecule has 9 nitrogen and oxygen atoms in total. The van der Waals surface area contributed by atoms with Crippen LogP contribution in [0, 0.1) is 0 Å². The zero-order valence-electron chi connectivity index (χ0n) is 20.6. The van der Waals surface area contributed by atoms with E-state index in [4.69, 9.17) is 24.3 Å². The van der Waals surface area contributed by atoms with Gasteiger partial charge >= 0.3 is 0 Å². The molecule has 12 heteroatoms. The molecule has 3 aromatic carbocycles. The third-order valence-corrected chi connectivity index (χ3v) is 9.47. The maximum atomic E-state index is 13.0. The van der Waals surface area contributed by atoms with E-state index in [1.165, 1.54) is 15.6 Å². The summed E-state index contributed by atoms with van der Waals surface area (Å²) in [6.45, 7) is 1.71. The molecule has 2 aliphatic rings. The molecule has 1 fully saturated rings. The monoisotopic (exact) mass is 626 g/mol. The average Bonchev–Trinajstić information content (AvgIpc) is 3.60. The van der Waals surface area contributed by atoms with Crippen molar-refractivity contribution in [2.45, 2.75) is 4.90 Å². The highest BCUT2D eigenvalue weighted by molar-refractivity contribution is 9.10. The molecule has 0 amide bonds. The van der Waals surface area contributed by atoms with Crippen LogP contribution in [0.25, 0.3) is 11.3 Å². The quantitative estimate of drug-likeness (QED) is 0.285. The summed E-state index contributed by atoms with van der Waals surface area (Å²) in [5, 5.41) is 6.76. The summed E-state index contributed by atoms with van der Waals surface area (Å²) in [7, 11) is -3.58. The zero-order valence-corrected chi connectivity index (χ0v) is 23.8. The SMILES string of the molecule is O=S(=O)(c1ccc(N=c2scc(-c3ccc(Br)cc3)n2N=Cc2ccc3c(c2)OCO3)cc1)N1CCOCC1. The van der Waals surface area contributed by atoms with Gasteiger partial charge in [0.25, 0.3) is 0 Å². The van der Waals surface area contributed by atoms with Crippen LogP contribution in [0.3, 0.4) is 0 Å². The van der Waals surface area contributed by atoms with Crippen LogP contribution in [0.15, 0.2) is 91.6 Å². The minimum Gasteiger partial charge on any atom is -0.454 e. The molecule has 1 saturated heterocycles. The number of ether oxygens (including phenoxy) is 3. The van der Waals surface area contributed by atoms with Gasteiger partial charge in [-0.25, -0.2) is 18.1 Å². The molecule has 0 spiro atoms. The molecule has 0 radical (unpaired) electrons. The highest BCUT2D eigenvalue weighted by Gasteiger charge is 2.26. The zero-order chi connectivity index (χ0) is 26.8. The maximum absolute atomic E-state index is 13.0. The minimum absolute atomic E-state index is 0.207. The normalized spacial score (nSPS) is 16.3. The Labute approximate surface area is 237 Å². The molecule has 0 N–H and O–H groups in total. The van der Waals surface area contributed by atoms with E-state index in [0.29, 0.717) is 48.3 Å². The van der Waals surface area contributed by atoms with Gasteiger partial charge in [0.2, 0.25) is 21.6 Å². The van der Waals surface area contributed by atoms with Gasteiger partial charge in [-0.2, -0.15) is 9.41 Å². The van der Waals surface area contributed by atoms with Gasteiger partial charge in [-0.05, 0) is 60.2 Å². The molecular weight excluding hydrogens is 604 g/mol. The van der Waals surface area contributed by atoms with Gasteiger partial charge in [0.05, 0.1) is 35.7 Å². The van der Waals surface area contributed by atoms with Gasteiger partial charge < -0.3 is 14.2 Å². The molecule has 0 unspecified atom stereocenters. The first kappa shape index (κ1) is 26.0. The highest BCUT2D eigenvalue weighted by Crippen LogP contribution is 2.32. The Hall–Kier alpha value is -3.29. The van der Waals surface area contributed by atoms with Crippen molar-refractivity contribution >= 4 is 49.2 Å². The van der Waals surface area contributed by atoms with Crippen molar-refractivity contribution < 1.29 is 22.6 Å². The van der Waals surface area contributed by atoms with Gasteiger partial charge in [0.15, 0.2) is 11.5 Å². The van der Waals surface area contributed by atoms with E-state index < -0.39 is 10.0 Å². The van der Waals surface area contributed by atoms with E-state index in [2.05, 4.69) is 15.9 Å². The number of thiazole rings is 1. The molecule has 6 rings (SSSR count). The molecule has 3 heterocycles. The first-order valence-corrected chi connectivity index (χ1v) is 15.2. The molecule has 0 bridgehead atoms. The van der Waals surface area contributed by atoms with E-state index in [9.17, 15) is 8.42 Å². The molecule has 2 aliphatic heterocycles. The van der Waals surface area contributed by atoms with E-state index in [-0.39, 0.29) is 11.7 Å². The molecule has 0 saturated carbocycles. The van der Waals surface area contributed by atoms with Crippen LogP contribution in [0.1, 0.15) is 5.56 Å². The van der Waals surface area contributed by atoms with Crippen molar-refractivity contribution in [2.75, 3.05) is 33.1 Å². The van der Waals surface area contributed by atoms with Crippen LogP contribution < -0.4 is 14.3 Å². The van der Waals surface area contributed by atoms with Crippen molar-refractivity contribution in [1.29, 1.82) is 0 Å². The Morgan fingerprint density at radius 2 is 1.67 bits per heavy atom. The summed E-state index contributed by atoms with van der Waals surface area (Å²) in [4.78, 5) is 5.66. The van der Waals surface area contributed by atoms with Crippen LogP contribution in [0.2, 0.25) is 0 Å².